The molecule has 0 bridgehead atoms. The summed E-state index contributed by atoms with van der Waals surface area (Å²) in [6.07, 6.45) is -3.51. The molecule has 1 aliphatic rings. The highest BCUT2D eigenvalue weighted by Crippen LogP contribution is 2.34. The zero-order chi connectivity index (χ0) is 18.2. The molecule has 2 aromatic rings. The van der Waals surface area contributed by atoms with E-state index in [1.165, 1.54) is 12.1 Å². The van der Waals surface area contributed by atoms with Crippen molar-refractivity contribution in [2.75, 3.05) is 16.8 Å². The summed E-state index contributed by atoms with van der Waals surface area (Å²) in [5.41, 5.74) is 1.38. The quantitative estimate of drug-likeness (QED) is 0.712. The average molecular weight is 413 g/mol. The Hall–Kier alpha value is -2.02. The Morgan fingerprint density at radius 1 is 1.16 bits per heavy atom. The number of halogens is 4. The minimum absolute atomic E-state index is 0.0312. The highest BCUT2D eigenvalue weighted by atomic mass is 79.9. The zero-order valence-electron chi connectivity index (χ0n) is 13.4. The molecule has 0 saturated carbocycles. The van der Waals surface area contributed by atoms with E-state index in [1.807, 2.05) is 19.1 Å². The monoisotopic (exact) mass is 412 g/mol. The van der Waals surface area contributed by atoms with E-state index >= 15 is 0 Å². The molecule has 1 amide bonds. The first-order valence-corrected chi connectivity index (χ1v) is 8.60. The van der Waals surface area contributed by atoms with Crippen LogP contribution in [0.4, 0.5) is 30.2 Å². The molecule has 0 aromatic heterocycles. The summed E-state index contributed by atoms with van der Waals surface area (Å²) in [6.45, 7) is 2.61. The fraction of sp³-hybridized carbons (Fsp3) is 0.278. The van der Waals surface area contributed by atoms with Gasteiger partial charge in [-0.25, -0.2) is 0 Å². The molecule has 1 saturated heterocycles. The van der Waals surface area contributed by atoms with Crippen molar-refractivity contribution in [3.05, 3.63) is 52.5 Å². The summed E-state index contributed by atoms with van der Waals surface area (Å²) >= 11 is 3.45. The number of carbonyl (C=O) groups is 1. The Morgan fingerprint density at radius 3 is 2.36 bits per heavy atom. The molecule has 1 aliphatic heterocycles. The molecular weight excluding hydrogens is 397 g/mol. The fourth-order valence-corrected chi connectivity index (χ4v) is 3.22. The van der Waals surface area contributed by atoms with Gasteiger partial charge in [-0.15, -0.1) is 0 Å². The molecule has 2 aromatic carbocycles. The minimum atomic E-state index is -4.35. The van der Waals surface area contributed by atoms with Gasteiger partial charge in [0.25, 0.3) is 0 Å². The first-order valence-electron chi connectivity index (χ1n) is 7.81. The molecule has 3 rings (SSSR count). The SMILES string of the molecule is CC1CCN(c2ccc(Nc3ccc(C(F)(F)F)cc3)c(Br)c2)C1=O. The van der Waals surface area contributed by atoms with Gasteiger partial charge in [-0.2, -0.15) is 13.2 Å². The second-order valence-corrected chi connectivity index (χ2v) is 6.90. The Labute approximate surface area is 152 Å². The lowest BCUT2D eigenvalue weighted by Crippen LogP contribution is -2.26. The van der Waals surface area contributed by atoms with Gasteiger partial charge < -0.3 is 10.2 Å². The predicted octanol–water partition coefficient (Wildman–Crippen LogP) is 5.58. The number of rotatable bonds is 3. The summed E-state index contributed by atoms with van der Waals surface area (Å²) < 4.78 is 38.5. The Morgan fingerprint density at radius 2 is 1.84 bits per heavy atom. The van der Waals surface area contributed by atoms with E-state index in [-0.39, 0.29) is 11.8 Å². The number of alkyl halides is 3. The largest absolute Gasteiger partial charge is 0.416 e. The van der Waals surface area contributed by atoms with Crippen LogP contribution in [-0.2, 0) is 11.0 Å². The minimum Gasteiger partial charge on any atom is -0.355 e. The molecule has 0 aliphatic carbocycles. The third kappa shape index (κ3) is 3.81. The molecule has 0 spiro atoms. The van der Waals surface area contributed by atoms with E-state index < -0.39 is 11.7 Å². The number of hydrogen-bond acceptors (Lipinski definition) is 2. The van der Waals surface area contributed by atoms with Crippen molar-refractivity contribution in [1.29, 1.82) is 0 Å². The van der Waals surface area contributed by atoms with Crippen LogP contribution in [0.15, 0.2) is 46.9 Å². The van der Waals surface area contributed by atoms with Crippen LogP contribution in [0.25, 0.3) is 0 Å². The summed E-state index contributed by atoms with van der Waals surface area (Å²) in [5, 5.41) is 3.07. The highest BCUT2D eigenvalue weighted by Gasteiger charge is 2.30. The molecule has 1 fully saturated rings. The van der Waals surface area contributed by atoms with Crippen LogP contribution in [0.2, 0.25) is 0 Å². The van der Waals surface area contributed by atoms with Crippen molar-refractivity contribution < 1.29 is 18.0 Å². The van der Waals surface area contributed by atoms with Gasteiger partial charge in [0.15, 0.2) is 0 Å². The van der Waals surface area contributed by atoms with Crippen LogP contribution < -0.4 is 10.2 Å². The van der Waals surface area contributed by atoms with Gasteiger partial charge in [0.2, 0.25) is 5.91 Å². The number of benzene rings is 2. The van der Waals surface area contributed by atoms with Crippen LogP contribution in [0.3, 0.4) is 0 Å². The van der Waals surface area contributed by atoms with Gasteiger partial charge >= 0.3 is 6.18 Å². The lowest BCUT2D eigenvalue weighted by molar-refractivity contribution is -0.137. The maximum atomic E-state index is 12.6. The van der Waals surface area contributed by atoms with E-state index in [2.05, 4.69) is 21.2 Å². The molecule has 1 heterocycles. The molecule has 0 radical (unpaired) electrons. The smallest absolute Gasteiger partial charge is 0.355 e. The standard InChI is InChI=1S/C18H16BrF3N2O/c1-11-8-9-24(17(11)25)14-6-7-16(15(19)10-14)23-13-4-2-12(3-5-13)18(20,21)22/h2-7,10-11,23H,8-9H2,1H3. The molecule has 1 unspecified atom stereocenters. The normalized spacial score (nSPS) is 17.9. The number of carbonyl (C=O) groups excluding carboxylic acids is 1. The van der Waals surface area contributed by atoms with Gasteiger partial charge in [-0.05, 0) is 64.8 Å². The third-order valence-corrected chi connectivity index (χ3v) is 4.88. The molecule has 1 atom stereocenters. The number of nitrogens with zero attached hydrogens (tertiary/aromatic N) is 1. The number of anilines is 3. The van der Waals surface area contributed by atoms with Crippen LogP contribution >= 0.6 is 15.9 Å². The Kier molecular flexibility index (Phi) is 4.77. The van der Waals surface area contributed by atoms with Gasteiger partial charge in [0.1, 0.15) is 0 Å². The Balaban J connectivity index is 1.77. The lowest BCUT2D eigenvalue weighted by atomic mass is 10.1. The van der Waals surface area contributed by atoms with E-state index in [9.17, 15) is 18.0 Å². The second-order valence-electron chi connectivity index (χ2n) is 6.04. The predicted molar refractivity (Wildman–Crippen MR) is 95.0 cm³/mol. The molecule has 132 valence electrons. The highest BCUT2D eigenvalue weighted by molar-refractivity contribution is 9.10. The molecular formula is C18H16BrF3N2O. The van der Waals surface area contributed by atoms with E-state index in [0.29, 0.717) is 17.9 Å². The summed E-state index contributed by atoms with van der Waals surface area (Å²) in [4.78, 5) is 13.9. The van der Waals surface area contributed by atoms with Crippen molar-refractivity contribution in [2.45, 2.75) is 19.5 Å². The first-order chi connectivity index (χ1) is 11.8. The maximum absolute atomic E-state index is 12.6. The van der Waals surface area contributed by atoms with Gasteiger partial charge in [-0.1, -0.05) is 6.92 Å². The van der Waals surface area contributed by atoms with E-state index in [4.69, 9.17) is 0 Å². The van der Waals surface area contributed by atoms with Crippen LogP contribution in [0, 0.1) is 5.92 Å². The van der Waals surface area contributed by atoms with Gasteiger partial charge in [0.05, 0.1) is 11.3 Å². The van der Waals surface area contributed by atoms with Crippen LogP contribution in [0.5, 0.6) is 0 Å². The van der Waals surface area contributed by atoms with Crippen molar-refractivity contribution >= 4 is 38.9 Å². The summed E-state index contributed by atoms with van der Waals surface area (Å²) in [7, 11) is 0. The van der Waals surface area contributed by atoms with Crippen molar-refractivity contribution in [3.8, 4) is 0 Å². The second kappa shape index (κ2) is 6.71. The molecule has 25 heavy (non-hydrogen) atoms. The zero-order valence-corrected chi connectivity index (χ0v) is 15.0. The summed E-state index contributed by atoms with van der Waals surface area (Å²) in [6, 6.07) is 10.3. The first kappa shape index (κ1) is 17.8. The number of hydrogen-bond donors (Lipinski definition) is 1. The van der Waals surface area contributed by atoms with Crippen molar-refractivity contribution in [2.24, 2.45) is 5.92 Å². The number of nitrogens with one attached hydrogen (secondary N) is 1. The Bertz CT molecular complexity index is 790. The molecule has 7 heteroatoms. The molecule has 3 nitrogen and oxygen atoms in total. The topological polar surface area (TPSA) is 32.3 Å². The van der Waals surface area contributed by atoms with E-state index in [1.54, 1.807) is 11.0 Å². The molecule has 1 N–H and O–H groups in total. The third-order valence-electron chi connectivity index (χ3n) is 4.23. The van der Waals surface area contributed by atoms with Gasteiger partial charge in [-0.3, -0.25) is 4.79 Å². The van der Waals surface area contributed by atoms with Crippen LogP contribution in [0.1, 0.15) is 18.9 Å². The van der Waals surface area contributed by atoms with Crippen molar-refractivity contribution in [3.63, 3.8) is 0 Å². The van der Waals surface area contributed by atoms with Crippen molar-refractivity contribution in [1.82, 2.24) is 0 Å². The average Bonchev–Trinajstić information content (AvgIpc) is 2.89. The summed E-state index contributed by atoms with van der Waals surface area (Å²) in [5.74, 6) is 0.138. The maximum Gasteiger partial charge on any atom is 0.416 e. The van der Waals surface area contributed by atoms with Gasteiger partial charge in [0, 0.05) is 28.3 Å². The lowest BCUT2D eigenvalue weighted by Gasteiger charge is -2.18. The van der Waals surface area contributed by atoms with Crippen LogP contribution in [-0.4, -0.2) is 12.5 Å². The number of amides is 1. The van der Waals surface area contributed by atoms with E-state index in [0.717, 1.165) is 28.7 Å². The fourth-order valence-electron chi connectivity index (χ4n) is 2.75.